The molecule has 0 radical (unpaired) electrons. The van der Waals surface area contributed by atoms with Crippen molar-refractivity contribution < 1.29 is 4.74 Å². The van der Waals surface area contributed by atoms with Crippen LogP contribution in [0.3, 0.4) is 0 Å². The number of benzene rings is 1. The normalized spacial score (nSPS) is 10.3. The maximum absolute atomic E-state index is 5.81. The number of hydrogen-bond acceptors (Lipinski definition) is 3. The second-order valence-corrected chi connectivity index (χ2v) is 3.48. The summed E-state index contributed by atoms with van der Waals surface area (Å²) in [6.45, 7) is 3.87. The van der Waals surface area contributed by atoms with Crippen LogP contribution in [0.1, 0.15) is 11.3 Å². The summed E-state index contributed by atoms with van der Waals surface area (Å²) in [5.74, 6) is 1.21. The van der Waals surface area contributed by atoms with E-state index in [1.54, 1.807) is 0 Å². The maximum atomic E-state index is 5.81. The van der Waals surface area contributed by atoms with Crippen LogP contribution in [0.5, 0.6) is 11.6 Å². The molecule has 1 aromatic heterocycles. The summed E-state index contributed by atoms with van der Waals surface area (Å²) in [6, 6.07) is 7.48. The Morgan fingerprint density at radius 1 is 1.33 bits per heavy atom. The largest absolute Gasteiger partial charge is 0.435 e. The third kappa shape index (κ3) is 1.93. The van der Waals surface area contributed by atoms with Gasteiger partial charge < -0.3 is 10.5 Å². The van der Waals surface area contributed by atoms with E-state index in [2.05, 4.69) is 10.2 Å². The number of aromatic amines is 1. The highest BCUT2D eigenvalue weighted by Gasteiger charge is 2.07. The van der Waals surface area contributed by atoms with Gasteiger partial charge in [0.25, 0.3) is 0 Å². The molecule has 0 aliphatic heterocycles. The number of nitrogens with two attached hydrogens (primary N) is 1. The van der Waals surface area contributed by atoms with Crippen LogP contribution >= 0.6 is 0 Å². The fourth-order valence-electron chi connectivity index (χ4n) is 1.36. The molecular formula is C11H13N3O. The summed E-state index contributed by atoms with van der Waals surface area (Å²) in [6.07, 6.45) is 0. The van der Waals surface area contributed by atoms with Crippen LogP contribution in [0.2, 0.25) is 0 Å². The van der Waals surface area contributed by atoms with E-state index in [-0.39, 0.29) is 0 Å². The first-order valence-corrected chi connectivity index (χ1v) is 4.72. The molecule has 0 saturated carbocycles. The van der Waals surface area contributed by atoms with Crippen LogP contribution in [0.4, 0.5) is 5.69 Å². The van der Waals surface area contributed by atoms with E-state index in [0.29, 0.717) is 17.3 Å². The number of ether oxygens (including phenoxy) is 1. The molecule has 0 spiro atoms. The predicted octanol–water partition coefficient (Wildman–Crippen LogP) is 2.40. The number of rotatable bonds is 2. The van der Waals surface area contributed by atoms with Gasteiger partial charge in [0.2, 0.25) is 5.88 Å². The topological polar surface area (TPSA) is 63.9 Å². The lowest BCUT2D eigenvalue weighted by Gasteiger charge is -2.08. The molecule has 0 unspecified atom stereocenters. The molecule has 1 aromatic carbocycles. The van der Waals surface area contributed by atoms with Crippen LogP contribution in [0, 0.1) is 13.8 Å². The molecule has 78 valence electrons. The minimum atomic E-state index is 0.536. The SMILES string of the molecule is Cc1cc(Oc2c(C)cccc2N)n[nH]1. The molecule has 2 rings (SSSR count). The molecule has 4 nitrogen and oxygen atoms in total. The zero-order chi connectivity index (χ0) is 10.8. The smallest absolute Gasteiger partial charge is 0.238 e. The van der Waals surface area contributed by atoms with Crippen LogP contribution in [-0.2, 0) is 0 Å². The molecule has 0 aliphatic rings. The van der Waals surface area contributed by atoms with E-state index in [1.807, 2.05) is 38.1 Å². The van der Waals surface area contributed by atoms with Gasteiger partial charge in [-0.05, 0) is 25.5 Å². The van der Waals surface area contributed by atoms with Crippen molar-refractivity contribution in [3.05, 3.63) is 35.5 Å². The van der Waals surface area contributed by atoms with Crippen molar-refractivity contribution in [1.29, 1.82) is 0 Å². The Morgan fingerprint density at radius 2 is 2.13 bits per heavy atom. The van der Waals surface area contributed by atoms with Crippen LogP contribution < -0.4 is 10.5 Å². The summed E-state index contributed by atoms with van der Waals surface area (Å²) in [4.78, 5) is 0. The minimum Gasteiger partial charge on any atom is -0.435 e. The number of anilines is 1. The van der Waals surface area contributed by atoms with Gasteiger partial charge in [-0.15, -0.1) is 5.10 Å². The molecule has 0 atom stereocenters. The monoisotopic (exact) mass is 203 g/mol. The summed E-state index contributed by atoms with van der Waals surface area (Å²) in [5, 5.41) is 6.80. The highest BCUT2D eigenvalue weighted by atomic mass is 16.5. The highest BCUT2D eigenvalue weighted by molar-refractivity contribution is 5.57. The number of hydrogen-bond donors (Lipinski definition) is 2. The molecule has 2 aromatic rings. The first-order valence-electron chi connectivity index (χ1n) is 4.72. The van der Waals surface area contributed by atoms with Crippen molar-refractivity contribution in [2.24, 2.45) is 0 Å². The lowest BCUT2D eigenvalue weighted by molar-refractivity contribution is 0.460. The molecule has 0 amide bonds. The lowest BCUT2D eigenvalue weighted by Crippen LogP contribution is -1.94. The third-order valence-corrected chi connectivity index (χ3v) is 2.13. The summed E-state index contributed by atoms with van der Waals surface area (Å²) < 4.78 is 5.59. The minimum absolute atomic E-state index is 0.536. The van der Waals surface area contributed by atoms with E-state index >= 15 is 0 Å². The second kappa shape index (κ2) is 3.65. The molecule has 15 heavy (non-hydrogen) atoms. The van der Waals surface area contributed by atoms with E-state index in [0.717, 1.165) is 11.3 Å². The van der Waals surface area contributed by atoms with Crippen molar-refractivity contribution in [2.75, 3.05) is 5.73 Å². The molecule has 0 saturated heterocycles. The average molecular weight is 203 g/mol. The maximum Gasteiger partial charge on any atom is 0.238 e. The van der Waals surface area contributed by atoms with Gasteiger partial charge in [0.15, 0.2) is 5.75 Å². The van der Waals surface area contributed by atoms with Gasteiger partial charge in [-0.3, -0.25) is 5.10 Å². The van der Waals surface area contributed by atoms with Gasteiger partial charge >= 0.3 is 0 Å². The van der Waals surface area contributed by atoms with Crippen LogP contribution in [0.25, 0.3) is 0 Å². The van der Waals surface area contributed by atoms with Crippen LogP contribution in [-0.4, -0.2) is 10.2 Å². The van der Waals surface area contributed by atoms with Crippen molar-refractivity contribution in [3.63, 3.8) is 0 Å². The fourth-order valence-corrected chi connectivity index (χ4v) is 1.36. The summed E-state index contributed by atoms with van der Waals surface area (Å²) in [7, 11) is 0. The van der Waals surface area contributed by atoms with Crippen molar-refractivity contribution >= 4 is 5.69 Å². The molecule has 0 aliphatic carbocycles. The van der Waals surface area contributed by atoms with E-state index in [4.69, 9.17) is 10.5 Å². The Morgan fingerprint density at radius 3 is 2.73 bits per heavy atom. The van der Waals surface area contributed by atoms with Gasteiger partial charge in [0, 0.05) is 11.8 Å². The van der Waals surface area contributed by atoms with Gasteiger partial charge in [0.05, 0.1) is 5.69 Å². The van der Waals surface area contributed by atoms with E-state index in [9.17, 15) is 0 Å². The number of aromatic nitrogens is 2. The van der Waals surface area contributed by atoms with E-state index < -0.39 is 0 Å². The Bertz CT molecular complexity index is 456. The first-order chi connectivity index (χ1) is 7.16. The Balaban J connectivity index is 2.31. The highest BCUT2D eigenvalue weighted by Crippen LogP contribution is 2.29. The lowest BCUT2D eigenvalue weighted by atomic mass is 10.2. The van der Waals surface area contributed by atoms with Gasteiger partial charge in [-0.1, -0.05) is 12.1 Å². The molecular weight excluding hydrogens is 190 g/mol. The van der Waals surface area contributed by atoms with Gasteiger partial charge in [-0.2, -0.15) is 0 Å². The quantitative estimate of drug-likeness (QED) is 0.736. The van der Waals surface area contributed by atoms with Gasteiger partial charge in [-0.25, -0.2) is 0 Å². The molecule has 1 heterocycles. The first kappa shape index (κ1) is 9.58. The standard InChI is InChI=1S/C11H13N3O/c1-7-4-3-5-9(12)11(7)15-10-6-8(2)13-14-10/h3-6H,12H2,1-2H3,(H,13,14). The Labute approximate surface area is 88.1 Å². The van der Waals surface area contributed by atoms with Crippen molar-refractivity contribution in [2.45, 2.75) is 13.8 Å². The van der Waals surface area contributed by atoms with Crippen LogP contribution in [0.15, 0.2) is 24.3 Å². The number of nitrogens with one attached hydrogen (secondary N) is 1. The molecule has 0 bridgehead atoms. The van der Waals surface area contributed by atoms with Gasteiger partial charge in [0.1, 0.15) is 0 Å². The van der Waals surface area contributed by atoms with Crippen molar-refractivity contribution in [3.8, 4) is 11.6 Å². The molecule has 3 N–H and O–H groups in total. The predicted molar refractivity (Wildman–Crippen MR) is 59.0 cm³/mol. The number of aryl methyl sites for hydroxylation is 2. The fraction of sp³-hybridized carbons (Fsp3) is 0.182. The second-order valence-electron chi connectivity index (χ2n) is 3.48. The zero-order valence-corrected chi connectivity index (χ0v) is 8.74. The number of nitrogen functional groups attached to an aromatic ring is 1. The zero-order valence-electron chi connectivity index (χ0n) is 8.74. The Kier molecular flexibility index (Phi) is 2.33. The van der Waals surface area contributed by atoms with Crippen molar-refractivity contribution in [1.82, 2.24) is 10.2 Å². The number of nitrogens with zero attached hydrogens (tertiary/aromatic N) is 1. The summed E-state index contributed by atoms with van der Waals surface area (Å²) in [5.41, 5.74) is 8.39. The summed E-state index contributed by atoms with van der Waals surface area (Å²) >= 11 is 0. The molecule has 0 fully saturated rings. The molecule has 4 heteroatoms. The van der Waals surface area contributed by atoms with E-state index in [1.165, 1.54) is 0 Å². The third-order valence-electron chi connectivity index (χ3n) is 2.13. The number of H-pyrrole nitrogens is 1. The average Bonchev–Trinajstić information content (AvgIpc) is 2.58. The Hall–Kier alpha value is -1.97. The number of para-hydroxylation sites is 1.